The van der Waals surface area contributed by atoms with Crippen LogP contribution in [-0.4, -0.2) is 41.9 Å². The topological polar surface area (TPSA) is 134 Å². The van der Waals surface area contributed by atoms with Crippen molar-refractivity contribution in [2.24, 2.45) is 17.6 Å². The zero-order valence-corrected chi connectivity index (χ0v) is 16.5. The molecular formula is C20H25N5O4. The number of nitrogens with one attached hydrogen (secondary N) is 3. The fourth-order valence-corrected chi connectivity index (χ4v) is 4.65. The lowest BCUT2D eigenvalue weighted by molar-refractivity contribution is -0.139. The molecule has 154 valence electrons. The fraction of sp³-hybridized carbons (Fsp3) is 0.500. The first-order valence-corrected chi connectivity index (χ1v) is 9.85. The number of nitrogens with two attached hydrogens (primary N) is 1. The summed E-state index contributed by atoms with van der Waals surface area (Å²) in [5, 5.41) is 8.02. The van der Waals surface area contributed by atoms with E-state index in [0.29, 0.717) is 30.0 Å². The van der Waals surface area contributed by atoms with E-state index >= 15 is 0 Å². The Hall–Kier alpha value is -3.10. The Kier molecular flexibility index (Phi) is 4.48. The molecule has 6 amide bonds. The van der Waals surface area contributed by atoms with Crippen molar-refractivity contribution in [2.75, 3.05) is 12.4 Å². The summed E-state index contributed by atoms with van der Waals surface area (Å²) in [6.07, 6.45) is 2.92. The first kappa shape index (κ1) is 19.2. The van der Waals surface area contributed by atoms with Crippen molar-refractivity contribution in [3.05, 3.63) is 29.3 Å². The summed E-state index contributed by atoms with van der Waals surface area (Å²) in [6, 6.07) is 3.38. The van der Waals surface area contributed by atoms with Gasteiger partial charge in [-0.1, -0.05) is 13.0 Å². The maximum absolute atomic E-state index is 13.5. The summed E-state index contributed by atoms with van der Waals surface area (Å²) in [5.74, 6) is -0.950. The quantitative estimate of drug-likeness (QED) is 0.550. The number of urea groups is 2. The Morgan fingerprint density at radius 1 is 1.31 bits per heavy atom. The molecule has 0 aromatic heterocycles. The molecule has 29 heavy (non-hydrogen) atoms. The number of aryl methyl sites for hydroxylation is 1. The molecule has 3 aliphatic rings. The van der Waals surface area contributed by atoms with Crippen LogP contribution in [0.25, 0.3) is 0 Å². The van der Waals surface area contributed by atoms with Gasteiger partial charge in [-0.15, -0.1) is 0 Å². The van der Waals surface area contributed by atoms with Gasteiger partial charge in [0, 0.05) is 12.7 Å². The van der Waals surface area contributed by atoms with Crippen LogP contribution in [0.4, 0.5) is 15.3 Å². The second kappa shape index (κ2) is 6.75. The number of hydrogen-bond acceptors (Lipinski definition) is 4. The van der Waals surface area contributed by atoms with Crippen molar-refractivity contribution >= 4 is 29.6 Å². The molecule has 4 rings (SSSR count). The average Bonchev–Trinajstić information content (AvgIpc) is 3.43. The second-order valence-corrected chi connectivity index (χ2v) is 8.13. The van der Waals surface area contributed by atoms with Crippen molar-refractivity contribution in [3.8, 4) is 0 Å². The molecule has 9 heteroatoms. The van der Waals surface area contributed by atoms with Crippen molar-refractivity contribution in [1.29, 1.82) is 0 Å². The van der Waals surface area contributed by atoms with Gasteiger partial charge in [-0.05, 0) is 60.8 Å². The van der Waals surface area contributed by atoms with Crippen LogP contribution in [0.2, 0.25) is 0 Å². The van der Waals surface area contributed by atoms with Gasteiger partial charge in [0.2, 0.25) is 5.91 Å². The molecule has 3 atom stereocenters. The highest BCUT2D eigenvalue weighted by Gasteiger charge is 2.59. The first-order valence-electron chi connectivity index (χ1n) is 9.85. The summed E-state index contributed by atoms with van der Waals surface area (Å²) in [6.45, 7) is 1.87. The highest BCUT2D eigenvalue weighted by atomic mass is 16.2. The van der Waals surface area contributed by atoms with Gasteiger partial charge in [0.15, 0.2) is 0 Å². The SMILES string of the molecule is CNC(=O)Nc1ccc2c(c1)CC[C@]21NC(=O)N(C(C(N)=O)[C@@H](C)C2CC2)C1=O. The Morgan fingerprint density at radius 3 is 2.66 bits per heavy atom. The van der Waals surface area contributed by atoms with Crippen LogP contribution in [0.5, 0.6) is 0 Å². The minimum absolute atomic E-state index is 0.169. The van der Waals surface area contributed by atoms with Gasteiger partial charge in [0.25, 0.3) is 5.91 Å². The predicted molar refractivity (Wildman–Crippen MR) is 105 cm³/mol. The number of benzene rings is 1. The lowest BCUT2D eigenvalue weighted by Crippen LogP contribution is -2.53. The van der Waals surface area contributed by atoms with Crippen LogP contribution in [0.1, 0.15) is 37.3 Å². The third-order valence-corrected chi connectivity index (χ3v) is 6.38. The summed E-state index contributed by atoms with van der Waals surface area (Å²) in [5.41, 5.74) is 6.60. The van der Waals surface area contributed by atoms with E-state index in [4.69, 9.17) is 5.73 Å². The molecule has 1 saturated carbocycles. The van der Waals surface area contributed by atoms with Crippen molar-refractivity contribution in [3.63, 3.8) is 0 Å². The van der Waals surface area contributed by atoms with Crippen LogP contribution in [0, 0.1) is 11.8 Å². The Bertz CT molecular complexity index is 912. The van der Waals surface area contributed by atoms with E-state index in [0.717, 1.165) is 23.3 Å². The molecule has 9 nitrogen and oxygen atoms in total. The van der Waals surface area contributed by atoms with Crippen LogP contribution in [0.15, 0.2) is 18.2 Å². The molecule has 1 aromatic rings. The molecule has 1 spiro atoms. The van der Waals surface area contributed by atoms with Gasteiger partial charge >= 0.3 is 12.1 Å². The van der Waals surface area contributed by atoms with Gasteiger partial charge in [-0.25, -0.2) is 14.5 Å². The van der Waals surface area contributed by atoms with E-state index in [1.165, 1.54) is 7.05 Å². The summed E-state index contributed by atoms with van der Waals surface area (Å²) >= 11 is 0. The molecule has 2 aliphatic carbocycles. The van der Waals surface area contributed by atoms with Crippen LogP contribution in [-0.2, 0) is 21.5 Å². The fourth-order valence-electron chi connectivity index (χ4n) is 4.65. The molecule has 1 aromatic carbocycles. The smallest absolute Gasteiger partial charge is 0.326 e. The molecule has 1 saturated heterocycles. The standard InChI is InChI=1S/C20H25N5O4/c1-10(11-3-4-11)15(16(21)26)25-17(27)20(24-19(25)29)8-7-12-9-13(5-6-14(12)20)23-18(28)22-2/h5-6,9-11,15H,3-4,7-8H2,1-2H3,(H2,21,26)(H,24,29)(H2,22,23,28)/t10-,15?,20-/m0/s1. The maximum Gasteiger partial charge on any atom is 0.326 e. The second-order valence-electron chi connectivity index (χ2n) is 8.13. The molecule has 1 unspecified atom stereocenters. The number of fused-ring (bicyclic) bond motifs is 2. The van der Waals surface area contributed by atoms with E-state index in [-0.39, 0.29) is 11.9 Å². The molecular weight excluding hydrogens is 374 g/mol. The predicted octanol–water partition coefficient (Wildman–Crippen LogP) is 1.03. The van der Waals surface area contributed by atoms with Crippen molar-refractivity contribution < 1.29 is 19.2 Å². The number of carbonyl (C=O) groups excluding carboxylic acids is 4. The normalized spacial score (nSPS) is 24.8. The van der Waals surface area contributed by atoms with Gasteiger partial charge < -0.3 is 21.7 Å². The monoisotopic (exact) mass is 399 g/mol. The van der Waals surface area contributed by atoms with Crippen molar-refractivity contribution in [2.45, 2.75) is 44.2 Å². The van der Waals surface area contributed by atoms with Gasteiger partial charge in [-0.3, -0.25) is 9.59 Å². The lowest BCUT2D eigenvalue weighted by Gasteiger charge is -2.29. The number of rotatable bonds is 5. The van der Waals surface area contributed by atoms with Crippen LogP contribution in [0.3, 0.4) is 0 Å². The third kappa shape index (κ3) is 3.01. The van der Waals surface area contributed by atoms with E-state index in [9.17, 15) is 19.2 Å². The van der Waals surface area contributed by atoms with Gasteiger partial charge in [0.05, 0.1) is 0 Å². The van der Waals surface area contributed by atoms with Crippen molar-refractivity contribution in [1.82, 2.24) is 15.5 Å². The molecule has 5 N–H and O–H groups in total. The van der Waals surface area contributed by atoms with E-state index < -0.39 is 29.4 Å². The summed E-state index contributed by atoms with van der Waals surface area (Å²) < 4.78 is 0. The number of carbonyl (C=O) groups is 4. The molecule has 1 aliphatic heterocycles. The van der Waals surface area contributed by atoms with Gasteiger partial charge in [-0.2, -0.15) is 0 Å². The van der Waals surface area contributed by atoms with Gasteiger partial charge in [0.1, 0.15) is 11.6 Å². The van der Waals surface area contributed by atoms with E-state index in [2.05, 4.69) is 16.0 Å². The van der Waals surface area contributed by atoms with E-state index in [1.807, 2.05) is 6.92 Å². The Balaban J connectivity index is 1.65. The molecule has 0 radical (unpaired) electrons. The summed E-state index contributed by atoms with van der Waals surface area (Å²) in [4.78, 5) is 51.0. The third-order valence-electron chi connectivity index (χ3n) is 6.38. The summed E-state index contributed by atoms with van der Waals surface area (Å²) in [7, 11) is 1.52. The average molecular weight is 399 g/mol. The maximum atomic E-state index is 13.5. The zero-order valence-electron chi connectivity index (χ0n) is 16.5. The number of amides is 6. The Morgan fingerprint density at radius 2 is 2.03 bits per heavy atom. The number of imide groups is 1. The van der Waals surface area contributed by atoms with E-state index in [1.54, 1.807) is 18.2 Å². The highest BCUT2D eigenvalue weighted by Crippen LogP contribution is 2.45. The minimum Gasteiger partial charge on any atom is -0.368 e. The number of nitrogens with zero attached hydrogens (tertiary/aromatic N) is 1. The first-order chi connectivity index (χ1) is 13.8. The number of anilines is 1. The lowest BCUT2D eigenvalue weighted by atomic mass is 9.89. The number of primary amides is 1. The molecule has 2 fully saturated rings. The van der Waals surface area contributed by atoms with Crippen LogP contribution < -0.4 is 21.7 Å². The Labute approximate surface area is 168 Å². The largest absolute Gasteiger partial charge is 0.368 e. The highest BCUT2D eigenvalue weighted by molar-refractivity contribution is 6.10. The van der Waals surface area contributed by atoms with Crippen LogP contribution >= 0.6 is 0 Å². The number of hydrogen-bond donors (Lipinski definition) is 4. The minimum atomic E-state index is -1.19. The zero-order chi connectivity index (χ0) is 20.9. The molecule has 0 bridgehead atoms. The molecule has 1 heterocycles.